The summed E-state index contributed by atoms with van der Waals surface area (Å²) in [7, 11) is 1.25. The van der Waals surface area contributed by atoms with Gasteiger partial charge in [-0.2, -0.15) is 0 Å². The molecule has 1 N–H and O–H groups in total. The van der Waals surface area contributed by atoms with Crippen molar-refractivity contribution in [3.05, 3.63) is 80.8 Å². The first kappa shape index (κ1) is 24.4. The molecule has 3 aromatic rings. The molecular weight excluding hydrogens is 492 g/mol. The Labute approximate surface area is 210 Å². The van der Waals surface area contributed by atoms with Gasteiger partial charge in [-0.3, -0.25) is 14.5 Å². The van der Waals surface area contributed by atoms with E-state index in [0.717, 1.165) is 11.3 Å². The largest absolute Gasteiger partial charge is 0.507 e. The summed E-state index contributed by atoms with van der Waals surface area (Å²) in [5, 5.41) is 11.8. The number of aryl methyl sites for hydroxylation is 1. The van der Waals surface area contributed by atoms with Gasteiger partial charge in [0.05, 0.1) is 31.0 Å². The van der Waals surface area contributed by atoms with Crippen LogP contribution < -0.4 is 9.64 Å². The van der Waals surface area contributed by atoms with Crippen molar-refractivity contribution in [1.29, 1.82) is 0 Å². The van der Waals surface area contributed by atoms with Crippen molar-refractivity contribution in [2.75, 3.05) is 18.6 Å². The van der Waals surface area contributed by atoms with E-state index in [1.165, 1.54) is 12.0 Å². The molecule has 10 heteroatoms. The molecule has 0 radical (unpaired) electrons. The van der Waals surface area contributed by atoms with Crippen LogP contribution >= 0.6 is 22.9 Å². The molecule has 0 aliphatic carbocycles. The number of benzene rings is 2. The summed E-state index contributed by atoms with van der Waals surface area (Å²) in [6.45, 7) is 3.87. The number of esters is 1. The minimum atomic E-state index is -1.01. The van der Waals surface area contributed by atoms with E-state index in [4.69, 9.17) is 21.1 Å². The third-order valence-corrected chi connectivity index (χ3v) is 6.80. The molecule has 1 fully saturated rings. The third kappa shape index (κ3) is 4.52. The van der Waals surface area contributed by atoms with Gasteiger partial charge in [-0.1, -0.05) is 35.1 Å². The molecular formula is C25H21ClN2O6S. The number of rotatable bonds is 6. The molecule has 2 heterocycles. The number of anilines is 1. The van der Waals surface area contributed by atoms with Crippen LogP contribution in [-0.4, -0.2) is 41.5 Å². The van der Waals surface area contributed by atoms with Crippen molar-refractivity contribution in [2.24, 2.45) is 0 Å². The van der Waals surface area contributed by atoms with Crippen LogP contribution in [0.15, 0.2) is 54.1 Å². The van der Waals surface area contributed by atoms with Crippen molar-refractivity contribution < 1.29 is 29.0 Å². The number of hydrogen-bond donors (Lipinski definition) is 1. The first-order valence-electron chi connectivity index (χ1n) is 10.6. The number of halogens is 1. The topological polar surface area (TPSA) is 106 Å². The molecule has 4 rings (SSSR count). The van der Waals surface area contributed by atoms with E-state index in [0.29, 0.717) is 34.2 Å². The summed E-state index contributed by atoms with van der Waals surface area (Å²) in [6.07, 6.45) is 0. The molecule has 1 saturated heterocycles. The number of aromatic nitrogens is 1. The number of aliphatic hydroxyl groups is 1. The number of methoxy groups -OCH3 is 1. The summed E-state index contributed by atoms with van der Waals surface area (Å²) < 4.78 is 10.4. The lowest BCUT2D eigenvalue weighted by Crippen LogP contribution is -2.29. The zero-order chi connectivity index (χ0) is 25.3. The van der Waals surface area contributed by atoms with Gasteiger partial charge in [0.2, 0.25) is 0 Å². The summed E-state index contributed by atoms with van der Waals surface area (Å²) in [6, 6.07) is 12.2. The quantitative estimate of drug-likeness (QED) is 0.216. The molecule has 1 aliphatic rings. The maximum atomic E-state index is 13.3. The van der Waals surface area contributed by atoms with Crippen LogP contribution in [0.5, 0.6) is 5.75 Å². The number of carbonyl (C=O) groups excluding carboxylic acids is 3. The fourth-order valence-corrected chi connectivity index (χ4v) is 4.95. The highest BCUT2D eigenvalue weighted by Crippen LogP contribution is 2.44. The second-order valence-electron chi connectivity index (χ2n) is 7.58. The Bertz CT molecular complexity index is 1350. The van der Waals surface area contributed by atoms with Gasteiger partial charge in [-0.05, 0) is 55.8 Å². The van der Waals surface area contributed by atoms with Crippen LogP contribution in [0.4, 0.5) is 5.13 Å². The zero-order valence-electron chi connectivity index (χ0n) is 19.1. The normalized spacial score (nSPS) is 17.0. The van der Waals surface area contributed by atoms with Gasteiger partial charge in [0.15, 0.2) is 5.13 Å². The maximum Gasteiger partial charge on any atom is 0.350 e. The van der Waals surface area contributed by atoms with Gasteiger partial charge in [-0.25, -0.2) is 9.78 Å². The average Bonchev–Trinajstić information content (AvgIpc) is 3.36. The lowest BCUT2D eigenvalue weighted by Gasteiger charge is -2.23. The lowest BCUT2D eigenvalue weighted by atomic mass is 9.95. The van der Waals surface area contributed by atoms with Gasteiger partial charge in [0.25, 0.3) is 5.78 Å². The van der Waals surface area contributed by atoms with Crippen molar-refractivity contribution in [2.45, 2.75) is 19.9 Å². The third-order valence-electron chi connectivity index (χ3n) is 5.41. The van der Waals surface area contributed by atoms with Crippen LogP contribution in [0.1, 0.15) is 39.5 Å². The fraction of sp³-hybridized carbons (Fsp3) is 0.200. The van der Waals surface area contributed by atoms with Crippen molar-refractivity contribution >= 4 is 51.5 Å². The Morgan fingerprint density at radius 1 is 1.20 bits per heavy atom. The minimum Gasteiger partial charge on any atom is -0.507 e. The van der Waals surface area contributed by atoms with Crippen LogP contribution in [0, 0.1) is 6.92 Å². The molecule has 180 valence electrons. The Morgan fingerprint density at radius 2 is 1.91 bits per heavy atom. The van der Waals surface area contributed by atoms with E-state index in [9.17, 15) is 19.5 Å². The molecule has 1 unspecified atom stereocenters. The van der Waals surface area contributed by atoms with Gasteiger partial charge >= 0.3 is 11.9 Å². The molecule has 1 aromatic heterocycles. The predicted molar refractivity (Wildman–Crippen MR) is 132 cm³/mol. The van der Waals surface area contributed by atoms with Gasteiger partial charge < -0.3 is 14.6 Å². The molecule has 1 amide bonds. The smallest absolute Gasteiger partial charge is 0.350 e. The van der Waals surface area contributed by atoms with E-state index in [1.807, 2.05) is 6.92 Å². The summed E-state index contributed by atoms with van der Waals surface area (Å²) >= 11 is 6.91. The summed E-state index contributed by atoms with van der Waals surface area (Å²) in [5.74, 6) is -2.17. The number of aliphatic hydroxyl groups excluding tert-OH is 1. The molecule has 0 saturated carbocycles. The molecule has 1 aliphatic heterocycles. The SMILES string of the molecule is CCOc1cccc(C2C(=C(O)c3ccc(Cl)cc3)C(=O)C(=O)N2c2nc(C)c(C(=O)OC)s2)c1. The van der Waals surface area contributed by atoms with Gasteiger partial charge in [0.1, 0.15) is 16.4 Å². The van der Waals surface area contributed by atoms with Gasteiger partial charge in [-0.15, -0.1) is 0 Å². The number of nitrogens with zero attached hydrogens (tertiary/aromatic N) is 2. The number of ether oxygens (including phenoxy) is 2. The van der Waals surface area contributed by atoms with Crippen LogP contribution in [-0.2, 0) is 14.3 Å². The molecule has 35 heavy (non-hydrogen) atoms. The number of Topliss-reactive ketones (excluding diaryl/α,β-unsaturated/α-hetero) is 1. The highest BCUT2D eigenvalue weighted by molar-refractivity contribution is 7.17. The molecule has 8 nitrogen and oxygen atoms in total. The number of carbonyl (C=O) groups is 3. The van der Waals surface area contributed by atoms with E-state index in [1.54, 1.807) is 55.5 Å². The second kappa shape index (κ2) is 9.89. The number of hydrogen-bond acceptors (Lipinski definition) is 8. The molecule has 1 atom stereocenters. The van der Waals surface area contributed by atoms with Crippen molar-refractivity contribution in [3.63, 3.8) is 0 Å². The van der Waals surface area contributed by atoms with Crippen molar-refractivity contribution in [1.82, 2.24) is 4.98 Å². The predicted octanol–water partition coefficient (Wildman–Crippen LogP) is 4.92. The Kier molecular flexibility index (Phi) is 6.90. The summed E-state index contributed by atoms with van der Waals surface area (Å²) in [5.41, 5.74) is 1.10. The number of thiazole rings is 1. The number of amides is 1. The Balaban J connectivity index is 1.94. The fourth-order valence-electron chi connectivity index (χ4n) is 3.82. The van der Waals surface area contributed by atoms with Crippen LogP contribution in [0.25, 0.3) is 5.76 Å². The van der Waals surface area contributed by atoms with Gasteiger partial charge in [0, 0.05) is 10.6 Å². The zero-order valence-corrected chi connectivity index (χ0v) is 20.6. The first-order valence-corrected chi connectivity index (χ1v) is 11.8. The lowest BCUT2D eigenvalue weighted by molar-refractivity contribution is -0.132. The van der Waals surface area contributed by atoms with Crippen molar-refractivity contribution in [3.8, 4) is 5.75 Å². The first-order chi connectivity index (χ1) is 16.8. The Morgan fingerprint density at radius 3 is 2.57 bits per heavy atom. The highest BCUT2D eigenvalue weighted by atomic mass is 35.5. The standard InChI is InChI=1S/C25H21ClN2O6S/c1-4-34-17-7-5-6-15(12-17)19-18(20(29)14-8-10-16(26)11-9-14)21(30)23(31)28(19)25-27-13(2)22(35-25)24(32)33-3/h5-12,19,29H,4H2,1-3H3. The molecule has 2 aromatic carbocycles. The van der Waals surface area contributed by atoms with E-state index in [-0.39, 0.29) is 21.3 Å². The number of ketones is 1. The molecule has 0 spiro atoms. The monoisotopic (exact) mass is 512 g/mol. The van der Waals surface area contributed by atoms with E-state index < -0.39 is 23.7 Å². The summed E-state index contributed by atoms with van der Waals surface area (Å²) in [4.78, 5) is 44.5. The van der Waals surface area contributed by atoms with Crippen LogP contribution in [0.2, 0.25) is 5.02 Å². The maximum absolute atomic E-state index is 13.3. The molecule has 0 bridgehead atoms. The second-order valence-corrected chi connectivity index (χ2v) is 9.00. The highest BCUT2D eigenvalue weighted by Gasteiger charge is 2.48. The van der Waals surface area contributed by atoms with E-state index >= 15 is 0 Å². The average molecular weight is 513 g/mol. The van der Waals surface area contributed by atoms with Crippen LogP contribution in [0.3, 0.4) is 0 Å². The minimum absolute atomic E-state index is 0.113. The Hall–Kier alpha value is -3.69. The van der Waals surface area contributed by atoms with E-state index in [2.05, 4.69) is 4.98 Å².